The first kappa shape index (κ1) is 28.2. The number of benzene rings is 2. The zero-order valence-electron chi connectivity index (χ0n) is 25.6. The maximum Gasteiger partial charge on any atom is 0.257 e. The minimum absolute atomic E-state index is 0.101. The quantitative estimate of drug-likeness (QED) is 0.364. The summed E-state index contributed by atoms with van der Waals surface area (Å²) >= 11 is 5.85. The molecule has 1 unspecified atom stereocenters. The molecule has 4 bridgehead atoms. The van der Waals surface area contributed by atoms with Gasteiger partial charge in [-0.3, -0.25) is 0 Å². The number of rotatable bonds is 5. The summed E-state index contributed by atoms with van der Waals surface area (Å²) in [5.74, 6) is 2.96. The van der Waals surface area contributed by atoms with Crippen molar-refractivity contribution in [1.82, 2.24) is 10.6 Å². The van der Waals surface area contributed by atoms with Gasteiger partial charge in [0, 0.05) is 30.5 Å². The third-order valence-corrected chi connectivity index (χ3v) is 10.7. The van der Waals surface area contributed by atoms with Crippen LogP contribution in [0.1, 0.15) is 115 Å². The second-order valence-corrected chi connectivity index (χ2v) is 16.2. The molecule has 216 valence electrons. The van der Waals surface area contributed by atoms with E-state index >= 15 is 0 Å². The van der Waals surface area contributed by atoms with Gasteiger partial charge in [-0.05, 0) is 102 Å². The van der Waals surface area contributed by atoms with Gasteiger partial charge in [0.1, 0.15) is 6.10 Å². The molecule has 2 aromatic carbocycles. The van der Waals surface area contributed by atoms with Crippen LogP contribution < -0.4 is 10.6 Å². The van der Waals surface area contributed by atoms with Crippen LogP contribution in [0.3, 0.4) is 0 Å². The van der Waals surface area contributed by atoms with Crippen LogP contribution in [0.25, 0.3) is 0 Å². The van der Waals surface area contributed by atoms with Crippen molar-refractivity contribution in [3.63, 3.8) is 0 Å². The Kier molecular flexibility index (Phi) is 7.35. The molecule has 3 nitrogen and oxygen atoms in total. The molecule has 1 aliphatic heterocycles. The Morgan fingerprint density at radius 3 is 1.65 bits per heavy atom. The van der Waals surface area contributed by atoms with E-state index in [1.165, 1.54) is 60.8 Å². The second-order valence-electron chi connectivity index (χ2n) is 15.8. The molecule has 0 aromatic heterocycles. The van der Waals surface area contributed by atoms with Gasteiger partial charge in [-0.25, -0.2) is 0 Å². The van der Waals surface area contributed by atoms with Gasteiger partial charge >= 0.3 is 0 Å². The fourth-order valence-electron chi connectivity index (χ4n) is 8.78. The predicted octanol–water partition coefficient (Wildman–Crippen LogP) is 8.00. The molecule has 2 N–H and O–H groups in total. The Morgan fingerprint density at radius 2 is 1.23 bits per heavy atom. The van der Waals surface area contributed by atoms with Crippen molar-refractivity contribution in [2.24, 2.45) is 17.8 Å². The molecule has 5 aliphatic rings. The summed E-state index contributed by atoms with van der Waals surface area (Å²) in [4.78, 5) is 0. The maximum absolute atomic E-state index is 6.49. The van der Waals surface area contributed by atoms with Crippen molar-refractivity contribution in [2.75, 3.05) is 6.54 Å². The molecule has 40 heavy (non-hydrogen) atoms. The first-order valence-electron chi connectivity index (χ1n) is 15.8. The van der Waals surface area contributed by atoms with E-state index in [4.69, 9.17) is 17.0 Å². The molecule has 0 radical (unpaired) electrons. The van der Waals surface area contributed by atoms with E-state index in [0.717, 1.165) is 30.7 Å². The highest BCUT2D eigenvalue weighted by Crippen LogP contribution is 2.55. The minimum atomic E-state index is 0.101. The molecule has 2 atom stereocenters. The fourth-order valence-corrected chi connectivity index (χ4v) is 9.13. The summed E-state index contributed by atoms with van der Waals surface area (Å²) in [5.41, 5.74) is 5.97. The van der Waals surface area contributed by atoms with Gasteiger partial charge in [-0.2, -0.15) is 0 Å². The average molecular weight is 559 g/mol. The Morgan fingerprint density at radius 1 is 0.775 bits per heavy atom. The van der Waals surface area contributed by atoms with Crippen molar-refractivity contribution in [1.29, 1.82) is 0 Å². The van der Waals surface area contributed by atoms with E-state index in [0.29, 0.717) is 11.2 Å². The third-order valence-electron chi connectivity index (χ3n) is 10.5. The van der Waals surface area contributed by atoms with Crippen molar-refractivity contribution >= 4 is 17.4 Å². The van der Waals surface area contributed by atoms with Crippen molar-refractivity contribution in [3.8, 4) is 0 Å². The summed E-state index contributed by atoms with van der Waals surface area (Å²) in [6.07, 6.45) is 9.23. The van der Waals surface area contributed by atoms with Gasteiger partial charge < -0.3 is 15.4 Å². The van der Waals surface area contributed by atoms with E-state index in [2.05, 4.69) is 101 Å². The topological polar surface area (TPSA) is 33.3 Å². The maximum atomic E-state index is 6.49. The first-order valence-corrected chi connectivity index (χ1v) is 16.2. The molecule has 0 amide bonds. The van der Waals surface area contributed by atoms with Gasteiger partial charge in [0.15, 0.2) is 0 Å². The van der Waals surface area contributed by atoms with Crippen LogP contribution in [-0.4, -0.2) is 29.4 Å². The summed E-state index contributed by atoms with van der Waals surface area (Å²) in [7, 11) is 0. The van der Waals surface area contributed by atoms with Crippen LogP contribution in [-0.2, 0) is 15.6 Å². The van der Waals surface area contributed by atoms with Crippen molar-refractivity contribution < 1.29 is 4.74 Å². The van der Waals surface area contributed by atoms with Crippen LogP contribution in [0.2, 0.25) is 0 Å². The van der Waals surface area contributed by atoms with Gasteiger partial charge in [0.05, 0.1) is 0 Å². The van der Waals surface area contributed by atoms with Crippen LogP contribution in [0.4, 0.5) is 0 Å². The molecule has 4 saturated carbocycles. The zero-order chi connectivity index (χ0) is 28.3. The molecule has 4 heteroatoms. The average Bonchev–Trinajstić information content (AvgIpc) is 3.30. The first-order chi connectivity index (χ1) is 18.9. The van der Waals surface area contributed by atoms with E-state index in [-0.39, 0.29) is 28.4 Å². The van der Waals surface area contributed by atoms with Crippen molar-refractivity contribution in [2.45, 2.75) is 121 Å². The lowest BCUT2D eigenvalue weighted by Crippen LogP contribution is -2.60. The number of hydrogen-bond acceptors (Lipinski definition) is 3. The lowest BCUT2D eigenvalue weighted by Gasteiger charge is -2.57. The summed E-state index contributed by atoms with van der Waals surface area (Å²) in [5, 5.41) is 8.26. The third kappa shape index (κ3) is 5.86. The monoisotopic (exact) mass is 558 g/mol. The van der Waals surface area contributed by atoms with Crippen LogP contribution >= 0.6 is 12.2 Å². The van der Waals surface area contributed by atoms with E-state index in [1.807, 2.05) is 0 Å². The summed E-state index contributed by atoms with van der Waals surface area (Å²) in [6.45, 7) is 14.5. The molecule has 5 fully saturated rings. The Bertz CT molecular complexity index is 1110. The molecule has 2 aromatic rings. The molecule has 1 saturated heterocycles. The fraction of sp³-hybridized carbons (Fsp3) is 0.639. The normalized spacial score (nSPS) is 31.5. The lowest BCUT2D eigenvalue weighted by atomic mass is 9.53. The Balaban J connectivity index is 1.17. The Labute approximate surface area is 248 Å². The highest BCUT2D eigenvalue weighted by Gasteiger charge is 2.51. The van der Waals surface area contributed by atoms with Crippen LogP contribution in [0.15, 0.2) is 48.5 Å². The van der Waals surface area contributed by atoms with Crippen molar-refractivity contribution in [3.05, 3.63) is 70.8 Å². The summed E-state index contributed by atoms with van der Waals surface area (Å²) < 4.78 is 6.49. The molecular formula is C36H50N2OS. The van der Waals surface area contributed by atoms with E-state index < -0.39 is 0 Å². The van der Waals surface area contributed by atoms with Gasteiger partial charge in [0.2, 0.25) is 0 Å². The van der Waals surface area contributed by atoms with Gasteiger partial charge in [-0.15, -0.1) is 0 Å². The molecule has 7 rings (SSSR count). The Hall–Kier alpha value is -1.91. The van der Waals surface area contributed by atoms with Gasteiger partial charge in [-0.1, -0.05) is 90.1 Å². The largest absolute Gasteiger partial charge is 0.466 e. The summed E-state index contributed by atoms with van der Waals surface area (Å²) in [6, 6.07) is 19.0. The SMILES string of the molecule is CC(C)(C)c1ccc(C(c2ccc(C(C)(C)C)cc2)C2C[C@@H](OC(=S)NC34CC5CC(CC(C5)C3)C4)CN2)cc1. The number of ether oxygens (including phenoxy) is 1. The van der Waals surface area contributed by atoms with Crippen LogP contribution in [0, 0.1) is 17.8 Å². The number of hydrogen-bond donors (Lipinski definition) is 2. The highest BCUT2D eigenvalue weighted by atomic mass is 32.1. The predicted molar refractivity (Wildman–Crippen MR) is 170 cm³/mol. The van der Waals surface area contributed by atoms with E-state index in [9.17, 15) is 0 Å². The second kappa shape index (κ2) is 10.4. The molecular weight excluding hydrogens is 508 g/mol. The minimum Gasteiger partial charge on any atom is -0.466 e. The van der Waals surface area contributed by atoms with Crippen LogP contribution in [0.5, 0.6) is 0 Å². The van der Waals surface area contributed by atoms with E-state index in [1.54, 1.807) is 0 Å². The molecule has 0 spiro atoms. The highest BCUT2D eigenvalue weighted by molar-refractivity contribution is 7.80. The zero-order valence-corrected chi connectivity index (χ0v) is 26.4. The molecule has 4 aliphatic carbocycles. The smallest absolute Gasteiger partial charge is 0.257 e. The van der Waals surface area contributed by atoms with Gasteiger partial charge in [0.25, 0.3) is 5.17 Å². The number of thiocarbonyl (C=S) groups is 1. The number of nitrogens with one attached hydrogen (secondary N) is 2. The lowest BCUT2D eigenvalue weighted by molar-refractivity contribution is -0.0136. The standard InChI is InChI=1S/C36H50N2OS/c1-34(2,3)28-11-7-26(8-12-28)32(27-9-13-29(14-10-27)35(4,5)6)31-18-30(22-37-31)39-33(40)38-36-19-23-15-24(20-36)17-25(16-23)21-36/h7-14,23-25,30-32,37H,15-22H2,1-6H3,(H,38,40)/t23?,24?,25?,30-,31?,36?/m1/s1. The molecule has 1 heterocycles.